The number of benzene rings is 1. The fourth-order valence-electron chi connectivity index (χ4n) is 3.56. The van der Waals surface area contributed by atoms with Gasteiger partial charge in [0.05, 0.1) is 6.61 Å². The smallest absolute Gasteiger partial charge is 0.319 e. The molecule has 6 heteroatoms. The molecule has 0 radical (unpaired) electrons. The normalized spacial score (nSPS) is 12.0. The third-order valence-electron chi connectivity index (χ3n) is 5.68. The van der Waals surface area contributed by atoms with Gasteiger partial charge in [-0.1, -0.05) is 95.5 Å². The Labute approximate surface area is 215 Å². The summed E-state index contributed by atoms with van der Waals surface area (Å²) in [5.74, 6) is 0.948. The summed E-state index contributed by atoms with van der Waals surface area (Å²) in [7, 11) is 0. The van der Waals surface area contributed by atoms with Crippen molar-refractivity contribution in [2.45, 2.75) is 107 Å². The lowest BCUT2D eigenvalue weighted by Gasteiger charge is -2.12. The molecule has 4 nitrogen and oxygen atoms in total. The molecule has 0 fully saturated rings. The van der Waals surface area contributed by atoms with Crippen LogP contribution in [0.5, 0.6) is 0 Å². The Morgan fingerprint density at radius 1 is 0.824 bits per heavy atom. The summed E-state index contributed by atoms with van der Waals surface area (Å²) in [5.41, 5.74) is 2.09. The molecule has 1 aromatic carbocycles. The van der Waals surface area contributed by atoms with E-state index in [1.165, 1.54) is 69.5 Å². The van der Waals surface area contributed by atoms with Gasteiger partial charge in [-0.15, -0.1) is 11.8 Å². The second-order valence-electron chi connectivity index (χ2n) is 8.74. The van der Waals surface area contributed by atoms with Crippen molar-refractivity contribution in [3.8, 4) is 11.1 Å². The maximum atomic E-state index is 12.3. The van der Waals surface area contributed by atoms with Gasteiger partial charge in [0, 0.05) is 28.6 Å². The minimum Gasteiger partial charge on any atom is -0.465 e. The highest BCUT2D eigenvalue weighted by atomic mass is 32.2. The number of nitrogens with zero attached hydrogens (tertiary/aromatic N) is 2. The van der Waals surface area contributed by atoms with E-state index < -0.39 is 0 Å². The molecule has 2 rings (SSSR count). The predicted octanol–water partition coefficient (Wildman–Crippen LogP) is 8.59. The van der Waals surface area contributed by atoms with Gasteiger partial charge >= 0.3 is 5.97 Å². The summed E-state index contributed by atoms with van der Waals surface area (Å²) in [6, 6.07) is 8.23. The van der Waals surface area contributed by atoms with Crippen LogP contribution in [0.4, 0.5) is 0 Å². The average Bonchev–Trinajstić information content (AvgIpc) is 2.86. The summed E-state index contributed by atoms with van der Waals surface area (Å²) >= 11 is 3.28. The van der Waals surface area contributed by atoms with E-state index in [-0.39, 0.29) is 11.2 Å². The van der Waals surface area contributed by atoms with Gasteiger partial charge in [-0.2, -0.15) is 0 Å². The zero-order valence-corrected chi connectivity index (χ0v) is 22.9. The fraction of sp³-hybridized carbons (Fsp3) is 0.607. The minimum atomic E-state index is -0.215. The van der Waals surface area contributed by atoms with E-state index in [9.17, 15) is 4.79 Å². The SMILES string of the molecule is CCCCCCCCOC(=O)[C@@H](C)Sc1ccc(-c2cnc(SCCCCCCC)nc2)cc1. The molecule has 2 aromatic rings. The number of thioether (sulfide) groups is 2. The van der Waals surface area contributed by atoms with Crippen molar-refractivity contribution >= 4 is 29.5 Å². The number of rotatable bonds is 18. The van der Waals surface area contributed by atoms with Crippen LogP contribution in [-0.2, 0) is 9.53 Å². The van der Waals surface area contributed by atoms with Gasteiger partial charge in [-0.3, -0.25) is 4.79 Å². The van der Waals surface area contributed by atoms with E-state index >= 15 is 0 Å². The Morgan fingerprint density at radius 3 is 2.06 bits per heavy atom. The van der Waals surface area contributed by atoms with Crippen LogP contribution in [0.1, 0.15) is 91.4 Å². The van der Waals surface area contributed by atoms with Gasteiger partial charge in [0.25, 0.3) is 0 Å². The van der Waals surface area contributed by atoms with E-state index in [2.05, 4.69) is 48.1 Å². The molecule has 0 saturated carbocycles. The highest BCUT2D eigenvalue weighted by Crippen LogP contribution is 2.27. The van der Waals surface area contributed by atoms with Gasteiger partial charge in [0.2, 0.25) is 0 Å². The fourth-order valence-corrected chi connectivity index (χ4v) is 5.21. The first-order chi connectivity index (χ1) is 16.6. The molecule has 1 heterocycles. The van der Waals surface area contributed by atoms with Gasteiger partial charge in [0.1, 0.15) is 5.25 Å². The Morgan fingerprint density at radius 2 is 1.41 bits per heavy atom. The quantitative estimate of drug-likeness (QED) is 0.0880. The highest BCUT2D eigenvalue weighted by molar-refractivity contribution is 8.00. The second-order valence-corrected chi connectivity index (χ2v) is 11.2. The number of esters is 1. The summed E-state index contributed by atoms with van der Waals surface area (Å²) in [6.07, 6.45) is 17.4. The number of hydrogen-bond donors (Lipinski definition) is 0. The van der Waals surface area contributed by atoms with Crippen LogP contribution in [0.2, 0.25) is 0 Å². The number of ether oxygens (including phenoxy) is 1. The molecule has 0 unspecified atom stereocenters. The standard InChI is InChI=1S/C28H42N2O2S2/c1-4-6-8-10-11-13-19-32-27(31)23(3)34-26-17-15-24(16-18-26)25-21-29-28(30-22-25)33-20-14-12-9-7-5-2/h15-18,21-23H,4-14,19-20H2,1-3H3/t23-/m1/s1. The molecule has 0 bridgehead atoms. The van der Waals surface area contributed by atoms with E-state index in [1.807, 2.05) is 19.3 Å². The maximum absolute atomic E-state index is 12.3. The molecular weight excluding hydrogens is 460 g/mol. The van der Waals surface area contributed by atoms with Crippen molar-refractivity contribution in [3.63, 3.8) is 0 Å². The second kappa shape index (κ2) is 17.8. The molecule has 0 spiro atoms. The van der Waals surface area contributed by atoms with Crippen molar-refractivity contribution in [2.24, 2.45) is 0 Å². The Kier molecular flexibility index (Phi) is 15.1. The monoisotopic (exact) mass is 502 g/mol. The Bertz CT molecular complexity index is 797. The summed E-state index contributed by atoms with van der Waals surface area (Å²) in [4.78, 5) is 22.4. The van der Waals surface area contributed by atoms with Crippen molar-refractivity contribution < 1.29 is 9.53 Å². The van der Waals surface area contributed by atoms with Crippen LogP contribution in [0.3, 0.4) is 0 Å². The van der Waals surface area contributed by atoms with E-state index in [0.29, 0.717) is 6.61 Å². The van der Waals surface area contributed by atoms with Crippen LogP contribution >= 0.6 is 23.5 Å². The molecule has 0 amide bonds. The topological polar surface area (TPSA) is 52.1 Å². The zero-order chi connectivity index (χ0) is 24.4. The first-order valence-electron chi connectivity index (χ1n) is 13.0. The summed E-state index contributed by atoms with van der Waals surface area (Å²) < 4.78 is 5.46. The first-order valence-corrected chi connectivity index (χ1v) is 14.9. The third kappa shape index (κ3) is 11.7. The third-order valence-corrected chi connectivity index (χ3v) is 7.73. The molecule has 1 atom stereocenters. The van der Waals surface area contributed by atoms with Crippen molar-refractivity contribution in [3.05, 3.63) is 36.7 Å². The van der Waals surface area contributed by atoms with Crippen LogP contribution in [-0.4, -0.2) is 33.5 Å². The molecule has 1 aromatic heterocycles. The predicted molar refractivity (Wildman–Crippen MR) is 147 cm³/mol. The van der Waals surface area contributed by atoms with E-state index in [0.717, 1.165) is 39.8 Å². The van der Waals surface area contributed by atoms with E-state index in [1.54, 1.807) is 11.8 Å². The van der Waals surface area contributed by atoms with Gasteiger partial charge < -0.3 is 4.74 Å². The van der Waals surface area contributed by atoms with Gasteiger partial charge in [0.15, 0.2) is 5.16 Å². The maximum Gasteiger partial charge on any atom is 0.319 e. The average molecular weight is 503 g/mol. The molecule has 0 aliphatic heterocycles. The molecule has 188 valence electrons. The number of unbranched alkanes of at least 4 members (excludes halogenated alkanes) is 9. The van der Waals surface area contributed by atoms with Gasteiger partial charge in [-0.25, -0.2) is 9.97 Å². The van der Waals surface area contributed by atoms with E-state index in [4.69, 9.17) is 4.74 Å². The number of hydrogen-bond acceptors (Lipinski definition) is 6. The first kappa shape index (κ1) is 28.7. The number of aromatic nitrogens is 2. The van der Waals surface area contributed by atoms with Crippen molar-refractivity contribution in [1.29, 1.82) is 0 Å². The molecule has 34 heavy (non-hydrogen) atoms. The lowest BCUT2D eigenvalue weighted by atomic mass is 10.1. The molecule has 0 aliphatic rings. The molecular formula is C28H42N2O2S2. The Balaban J connectivity index is 1.71. The number of carbonyl (C=O) groups is 1. The van der Waals surface area contributed by atoms with Crippen LogP contribution in [0.15, 0.2) is 46.7 Å². The lowest BCUT2D eigenvalue weighted by Crippen LogP contribution is -2.17. The zero-order valence-electron chi connectivity index (χ0n) is 21.3. The number of carbonyl (C=O) groups excluding carboxylic acids is 1. The molecule has 0 N–H and O–H groups in total. The Hall–Kier alpha value is -1.53. The molecule has 0 saturated heterocycles. The van der Waals surface area contributed by atoms with Crippen LogP contribution in [0, 0.1) is 0 Å². The summed E-state index contributed by atoms with van der Waals surface area (Å²) in [5, 5.41) is 0.632. The van der Waals surface area contributed by atoms with Crippen LogP contribution in [0.25, 0.3) is 11.1 Å². The van der Waals surface area contributed by atoms with Crippen LogP contribution < -0.4 is 0 Å². The van der Waals surface area contributed by atoms with Crippen molar-refractivity contribution in [1.82, 2.24) is 9.97 Å². The minimum absolute atomic E-state index is 0.130. The van der Waals surface area contributed by atoms with Crippen molar-refractivity contribution in [2.75, 3.05) is 12.4 Å². The lowest BCUT2D eigenvalue weighted by molar-refractivity contribution is -0.142. The largest absolute Gasteiger partial charge is 0.465 e. The van der Waals surface area contributed by atoms with Gasteiger partial charge in [-0.05, 0) is 37.5 Å². The summed E-state index contributed by atoms with van der Waals surface area (Å²) in [6.45, 7) is 6.90. The highest BCUT2D eigenvalue weighted by Gasteiger charge is 2.16. The molecule has 0 aliphatic carbocycles.